The lowest BCUT2D eigenvalue weighted by Gasteiger charge is -2.19. The molecule has 0 spiro atoms. The topological polar surface area (TPSA) is 26.3 Å². The van der Waals surface area contributed by atoms with Crippen LogP contribution in [0.2, 0.25) is 0 Å². The standard InChI is InChI=1S/C8H16O2.2CH4/c1-5-8(3,4)7(9)10-6-2;;/h5-6H2,1-4H3;2*1H4. The number of esters is 1. The normalized spacial score (nSPS) is 9.33. The monoisotopic (exact) mass is 176 g/mol. The van der Waals surface area contributed by atoms with E-state index in [4.69, 9.17) is 4.74 Å². The van der Waals surface area contributed by atoms with Crippen LogP contribution in [0.4, 0.5) is 0 Å². The summed E-state index contributed by atoms with van der Waals surface area (Å²) in [5.41, 5.74) is -0.310. The van der Waals surface area contributed by atoms with Gasteiger partial charge in [0.1, 0.15) is 0 Å². The highest BCUT2D eigenvalue weighted by molar-refractivity contribution is 5.75. The number of carbonyl (C=O) groups excluding carboxylic acids is 1. The van der Waals surface area contributed by atoms with Crippen molar-refractivity contribution in [3.63, 3.8) is 0 Å². The Bertz CT molecular complexity index is 117. The Balaban J connectivity index is -0.000000405. The number of rotatable bonds is 3. The Hall–Kier alpha value is -0.530. The molecule has 0 N–H and O–H groups in total. The van der Waals surface area contributed by atoms with Crippen molar-refractivity contribution in [2.24, 2.45) is 5.41 Å². The Morgan fingerprint density at radius 1 is 1.25 bits per heavy atom. The zero-order valence-electron chi connectivity index (χ0n) is 7.23. The minimum atomic E-state index is -0.310. The molecule has 0 bridgehead atoms. The van der Waals surface area contributed by atoms with Crippen molar-refractivity contribution in [1.29, 1.82) is 0 Å². The third-order valence-corrected chi connectivity index (χ3v) is 1.71. The van der Waals surface area contributed by atoms with E-state index in [-0.39, 0.29) is 26.2 Å². The van der Waals surface area contributed by atoms with Crippen LogP contribution in [0.15, 0.2) is 0 Å². The quantitative estimate of drug-likeness (QED) is 0.617. The molecule has 12 heavy (non-hydrogen) atoms. The molecule has 0 aromatic rings. The van der Waals surface area contributed by atoms with Crippen molar-refractivity contribution >= 4 is 5.97 Å². The van der Waals surface area contributed by atoms with Gasteiger partial charge in [0.2, 0.25) is 0 Å². The van der Waals surface area contributed by atoms with E-state index in [1.807, 2.05) is 27.7 Å². The van der Waals surface area contributed by atoms with Gasteiger partial charge < -0.3 is 4.74 Å². The van der Waals surface area contributed by atoms with E-state index >= 15 is 0 Å². The summed E-state index contributed by atoms with van der Waals surface area (Å²) < 4.78 is 4.86. The molecule has 76 valence electrons. The number of ether oxygens (including phenoxy) is 1. The molecule has 0 rings (SSSR count). The minimum absolute atomic E-state index is 0. The molecule has 0 aliphatic heterocycles. The average molecular weight is 176 g/mol. The summed E-state index contributed by atoms with van der Waals surface area (Å²) >= 11 is 0. The van der Waals surface area contributed by atoms with Crippen LogP contribution in [0.5, 0.6) is 0 Å². The zero-order valence-corrected chi connectivity index (χ0v) is 7.23. The second-order valence-electron chi connectivity index (χ2n) is 2.96. The molecule has 2 nitrogen and oxygen atoms in total. The smallest absolute Gasteiger partial charge is 0.311 e. The van der Waals surface area contributed by atoms with Crippen LogP contribution < -0.4 is 0 Å². The largest absolute Gasteiger partial charge is 0.466 e. The lowest BCUT2D eigenvalue weighted by molar-refractivity contribution is -0.153. The highest BCUT2D eigenvalue weighted by Gasteiger charge is 2.26. The van der Waals surface area contributed by atoms with Crippen LogP contribution in [-0.2, 0) is 9.53 Å². The van der Waals surface area contributed by atoms with Gasteiger partial charge in [0.15, 0.2) is 0 Å². The van der Waals surface area contributed by atoms with Crippen molar-refractivity contribution in [3.8, 4) is 0 Å². The van der Waals surface area contributed by atoms with Gasteiger partial charge in [-0.2, -0.15) is 0 Å². The van der Waals surface area contributed by atoms with E-state index in [0.717, 1.165) is 6.42 Å². The zero-order chi connectivity index (χ0) is 8.20. The van der Waals surface area contributed by atoms with Crippen molar-refractivity contribution in [3.05, 3.63) is 0 Å². The van der Waals surface area contributed by atoms with E-state index in [0.29, 0.717) is 6.61 Å². The first kappa shape index (κ1) is 17.5. The predicted molar refractivity (Wildman–Crippen MR) is 54.2 cm³/mol. The van der Waals surface area contributed by atoms with Gasteiger partial charge in [-0.1, -0.05) is 21.8 Å². The molecule has 0 unspecified atom stereocenters. The summed E-state index contributed by atoms with van der Waals surface area (Å²) in [5.74, 6) is -0.0995. The van der Waals surface area contributed by atoms with Crippen LogP contribution >= 0.6 is 0 Å². The van der Waals surface area contributed by atoms with E-state index in [2.05, 4.69) is 0 Å². The first-order chi connectivity index (χ1) is 4.54. The molecule has 0 saturated heterocycles. The Kier molecular flexibility index (Phi) is 10.4. The Morgan fingerprint density at radius 3 is 1.92 bits per heavy atom. The van der Waals surface area contributed by atoms with Gasteiger partial charge in [0.05, 0.1) is 12.0 Å². The third kappa shape index (κ3) is 5.16. The predicted octanol–water partition coefficient (Wildman–Crippen LogP) is 3.26. The van der Waals surface area contributed by atoms with Crippen molar-refractivity contribution in [1.82, 2.24) is 0 Å². The molecule has 0 aliphatic rings. The molecule has 0 atom stereocenters. The van der Waals surface area contributed by atoms with Crippen molar-refractivity contribution in [2.45, 2.75) is 49.0 Å². The van der Waals surface area contributed by atoms with Crippen LogP contribution in [0.25, 0.3) is 0 Å². The summed E-state index contributed by atoms with van der Waals surface area (Å²) in [6.45, 7) is 8.07. The van der Waals surface area contributed by atoms with Gasteiger partial charge in [-0.05, 0) is 27.2 Å². The summed E-state index contributed by atoms with van der Waals surface area (Å²) in [6, 6.07) is 0. The SMILES string of the molecule is C.C.CCOC(=O)C(C)(C)CC. The van der Waals surface area contributed by atoms with Gasteiger partial charge in [-0.15, -0.1) is 0 Å². The van der Waals surface area contributed by atoms with E-state index in [1.165, 1.54) is 0 Å². The van der Waals surface area contributed by atoms with Gasteiger partial charge >= 0.3 is 5.97 Å². The minimum Gasteiger partial charge on any atom is -0.466 e. The summed E-state index contributed by atoms with van der Waals surface area (Å²) in [5, 5.41) is 0. The molecular formula is C10H24O2. The maximum Gasteiger partial charge on any atom is 0.311 e. The maximum atomic E-state index is 11.1. The fourth-order valence-electron chi connectivity index (χ4n) is 0.471. The van der Waals surface area contributed by atoms with Crippen LogP contribution in [0, 0.1) is 5.41 Å². The van der Waals surface area contributed by atoms with Crippen molar-refractivity contribution < 1.29 is 9.53 Å². The van der Waals surface area contributed by atoms with E-state index in [9.17, 15) is 4.79 Å². The Labute approximate surface area is 77.3 Å². The van der Waals surface area contributed by atoms with Gasteiger partial charge in [0.25, 0.3) is 0 Å². The average Bonchev–Trinajstić information content (AvgIpc) is 1.89. The van der Waals surface area contributed by atoms with Crippen LogP contribution in [0.3, 0.4) is 0 Å². The maximum absolute atomic E-state index is 11.1. The molecule has 0 fully saturated rings. The van der Waals surface area contributed by atoms with Gasteiger partial charge in [-0.3, -0.25) is 4.79 Å². The number of carbonyl (C=O) groups is 1. The van der Waals surface area contributed by atoms with Crippen molar-refractivity contribution in [2.75, 3.05) is 6.61 Å². The summed E-state index contributed by atoms with van der Waals surface area (Å²) in [4.78, 5) is 11.1. The fourth-order valence-corrected chi connectivity index (χ4v) is 0.471. The molecular weight excluding hydrogens is 152 g/mol. The second-order valence-corrected chi connectivity index (χ2v) is 2.96. The third-order valence-electron chi connectivity index (χ3n) is 1.71. The summed E-state index contributed by atoms with van der Waals surface area (Å²) in [7, 11) is 0. The fraction of sp³-hybridized carbons (Fsp3) is 0.900. The molecule has 0 radical (unpaired) electrons. The number of hydrogen-bond donors (Lipinski definition) is 0. The highest BCUT2D eigenvalue weighted by Crippen LogP contribution is 2.20. The first-order valence-electron chi connectivity index (χ1n) is 3.71. The van der Waals surface area contributed by atoms with Gasteiger partial charge in [-0.25, -0.2) is 0 Å². The molecule has 0 aliphatic carbocycles. The molecule has 0 aromatic heterocycles. The van der Waals surface area contributed by atoms with Crippen LogP contribution in [0.1, 0.15) is 49.0 Å². The Morgan fingerprint density at radius 2 is 1.67 bits per heavy atom. The van der Waals surface area contributed by atoms with E-state index < -0.39 is 0 Å². The van der Waals surface area contributed by atoms with Crippen LogP contribution in [-0.4, -0.2) is 12.6 Å². The van der Waals surface area contributed by atoms with E-state index in [1.54, 1.807) is 0 Å². The lowest BCUT2D eigenvalue weighted by Crippen LogP contribution is -2.25. The number of hydrogen-bond acceptors (Lipinski definition) is 2. The molecule has 2 heteroatoms. The lowest BCUT2D eigenvalue weighted by atomic mass is 9.91. The summed E-state index contributed by atoms with van der Waals surface area (Å²) in [6.07, 6.45) is 0.825. The molecule has 0 aromatic carbocycles. The van der Waals surface area contributed by atoms with Gasteiger partial charge in [0, 0.05) is 0 Å². The first-order valence-corrected chi connectivity index (χ1v) is 3.71. The molecule has 0 saturated carbocycles. The highest BCUT2D eigenvalue weighted by atomic mass is 16.5. The molecule has 0 amide bonds. The molecule has 0 heterocycles. The second kappa shape index (κ2) is 7.14.